The van der Waals surface area contributed by atoms with Crippen LogP contribution in [-0.2, 0) is 23.9 Å². The Hall–Kier alpha value is -1.59. The van der Waals surface area contributed by atoms with E-state index in [1.165, 1.54) is 0 Å². The van der Waals surface area contributed by atoms with Gasteiger partial charge < -0.3 is 35.0 Å². The molecular formula is C28H48O10. The molecule has 0 amide bonds. The number of aldehydes is 1. The van der Waals surface area contributed by atoms with E-state index in [1.807, 2.05) is 13.8 Å². The molecule has 0 saturated heterocycles. The Labute approximate surface area is 225 Å². The van der Waals surface area contributed by atoms with Crippen molar-refractivity contribution in [1.82, 2.24) is 0 Å². The second-order valence-electron chi connectivity index (χ2n) is 12.3. The van der Waals surface area contributed by atoms with Gasteiger partial charge in [-0.15, -0.1) is 0 Å². The molecule has 0 aromatic rings. The van der Waals surface area contributed by atoms with Crippen molar-refractivity contribution in [1.29, 1.82) is 0 Å². The van der Waals surface area contributed by atoms with Crippen molar-refractivity contribution in [3.8, 4) is 0 Å². The first-order chi connectivity index (χ1) is 17.6. The minimum absolute atomic E-state index is 0.0289. The lowest BCUT2D eigenvalue weighted by molar-refractivity contribution is -0.205. The number of aliphatic hydroxyl groups excluding tert-OH is 4. The highest BCUT2D eigenvalue weighted by Gasteiger charge is 2.53. The number of hydrogen-bond acceptors (Lipinski definition) is 10. The van der Waals surface area contributed by atoms with E-state index < -0.39 is 54.2 Å². The molecule has 0 bridgehead atoms. The van der Waals surface area contributed by atoms with Gasteiger partial charge in [0.25, 0.3) is 0 Å². The smallest absolute Gasteiger partial charge is 0.348 e. The lowest BCUT2D eigenvalue weighted by Gasteiger charge is -2.38. The number of esters is 2. The van der Waals surface area contributed by atoms with E-state index in [2.05, 4.69) is 27.7 Å². The standard InChI is InChI=1S/C28H48O10/c1-14(2)18-9-7-16(5)20(11-18)37-26(34)24(32)22(30)23(31)25(33)28(36,13-29)27(35)38-21-12-19(15(3)4)10-8-17(21)6/h13-25,30-33,36H,7-12H2,1-6H3/t16?,17?,18?,19?,20?,21?,22-,23+,24?,25-,28-/m0/s1. The van der Waals surface area contributed by atoms with Crippen molar-refractivity contribution in [2.45, 2.75) is 122 Å². The van der Waals surface area contributed by atoms with Gasteiger partial charge in [-0.1, -0.05) is 41.5 Å². The fraction of sp³-hybridized carbons (Fsp3) is 0.893. The van der Waals surface area contributed by atoms with E-state index in [-0.39, 0.29) is 24.0 Å². The molecule has 11 atom stereocenters. The highest BCUT2D eigenvalue weighted by Crippen LogP contribution is 2.37. The summed E-state index contributed by atoms with van der Waals surface area (Å²) in [5.41, 5.74) is -3.23. The molecule has 2 saturated carbocycles. The molecule has 2 fully saturated rings. The monoisotopic (exact) mass is 544 g/mol. The van der Waals surface area contributed by atoms with Gasteiger partial charge in [-0.25, -0.2) is 9.59 Å². The van der Waals surface area contributed by atoms with Crippen molar-refractivity contribution in [2.75, 3.05) is 0 Å². The lowest BCUT2D eigenvalue weighted by Crippen LogP contribution is -2.62. The third-order valence-corrected chi connectivity index (χ3v) is 8.93. The molecule has 0 spiro atoms. The highest BCUT2D eigenvalue weighted by molar-refractivity contribution is 5.97. The molecule has 10 heteroatoms. The summed E-state index contributed by atoms with van der Waals surface area (Å²) in [5, 5.41) is 52.5. The molecule has 0 aromatic carbocycles. The number of ether oxygens (including phenoxy) is 2. The predicted octanol–water partition coefficient (Wildman–Crippen LogP) is 1.37. The molecule has 2 aliphatic rings. The van der Waals surface area contributed by atoms with E-state index in [0.717, 1.165) is 25.7 Å². The van der Waals surface area contributed by atoms with Gasteiger partial charge in [-0.2, -0.15) is 0 Å². The van der Waals surface area contributed by atoms with Gasteiger partial charge in [0.05, 0.1) is 0 Å². The zero-order chi connectivity index (χ0) is 28.9. The Balaban J connectivity index is 2.06. The zero-order valence-electron chi connectivity index (χ0n) is 23.5. The fourth-order valence-corrected chi connectivity index (χ4v) is 5.63. The largest absolute Gasteiger partial charge is 0.460 e. The molecule has 0 radical (unpaired) electrons. The van der Waals surface area contributed by atoms with Crippen LogP contribution in [-0.4, -0.2) is 86.0 Å². The Morgan fingerprint density at radius 2 is 1.24 bits per heavy atom. The van der Waals surface area contributed by atoms with Crippen LogP contribution in [0.25, 0.3) is 0 Å². The highest BCUT2D eigenvalue weighted by atomic mass is 16.6. The molecule has 38 heavy (non-hydrogen) atoms. The molecule has 10 nitrogen and oxygen atoms in total. The maximum atomic E-state index is 12.8. The molecule has 0 heterocycles. The Kier molecular flexibility index (Phi) is 11.7. The second kappa shape index (κ2) is 13.7. The van der Waals surface area contributed by atoms with Crippen LogP contribution in [0, 0.1) is 35.5 Å². The molecule has 220 valence electrons. The molecule has 5 N–H and O–H groups in total. The van der Waals surface area contributed by atoms with Crippen LogP contribution in [0.1, 0.15) is 80.1 Å². The van der Waals surface area contributed by atoms with E-state index in [1.54, 1.807) is 0 Å². The Morgan fingerprint density at radius 3 is 1.66 bits per heavy atom. The molecule has 2 rings (SSSR count). The molecule has 7 unspecified atom stereocenters. The normalized spacial score (nSPS) is 33.1. The summed E-state index contributed by atoms with van der Waals surface area (Å²) in [6, 6.07) is 0. The average Bonchev–Trinajstić information content (AvgIpc) is 2.88. The van der Waals surface area contributed by atoms with Crippen molar-refractivity contribution in [3.63, 3.8) is 0 Å². The van der Waals surface area contributed by atoms with Gasteiger partial charge >= 0.3 is 11.9 Å². The van der Waals surface area contributed by atoms with Gasteiger partial charge in [-0.05, 0) is 74.0 Å². The molecule has 2 aliphatic carbocycles. The van der Waals surface area contributed by atoms with Gasteiger partial charge in [-0.3, -0.25) is 4.79 Å². The van der Waals surface area contributed by atoms with Gasteiger partial charge in [0, 0.05) is 0 Å². The minimum atomic E-state index is -3.23. The third kappa shape index (κ3) is 7.53. The quantitative estimate of drug-likeness (QED) is 0.145. The number of rotatable bonds is 11. The number of aliphatic hydroxyl groups is 5. The number of carbonyl (C=O) groups is 3. The summed E-state index contributed by atoms with van der Waals surface area (Å²) in [6.45, 7) is 12.1. The number of carbonyl (C=O) groups excluding carboxylic acids is 3. The van der Waals surface area contributed by atoms with Gasteiger partial charge in [0.15, 0.2) is 12.4 Å². The summed E-state index contributed by atoms with van der Waals surface area (Å²) in [4.78, 5) is 37.2. The van der Waals surface area contributed by atoms with Crippen LogP contribution in [0.3, 0.4) is 0 Å². The van der Waals surface area contributed by atoms with Gasteiger partial charge in [0.2, 0.25) is 5.60 Å². The molecular weight excluding hydrogens is 496 g/mol. The fourth-order valence-electron chi connectivity index (χ4n) is 5.63. The first-order valence-electron chi connectivity index (χ1n) is 14.0. The maximum absolute atomic E-state index is 12.8. The summed E-state index contributed by atoms with van der Waals surface area (Å²) in [7, 11) is 0. The lowest BCUT2D eigenvalue weighted by atomic mass is 9.76. The second-order valence-corrected chi connectivity index (χ2v) is 12.3. The van der Waals surface area contributed by atoms with Crippen molar-refractivity contribution in [3.05, 3.63) is 0 Å². The van der Waals surface area contributed by atoms with E-state index in [0.29, 0.717) is 30.6 Å². The summed E-state index contributed by atoms with van der Waals surface area (Å²) in [5.74, 6) is -1.38. The number of hydrogen-bond donors (Lipinski definition) is 5. The van der Waals surface area contributed by atoms with E-state index in [9.17, 15) is 39.9 Å². The average molecular weight is 545 g/mol. The summed E-state index contributed by atoms with van der Waals surface area (Å²) in [6.07, 6.45) is -6.41. The first kappa shape index (κ1) is 32.6. The van der Waals surface area contributed by atoms with Crippen molar-refractivity contribution < 1.29 is 49.4 Å². The Bertz CT molecular complexity index is 801. The summed E-state index contributed by atoms with van der Waals surface area (Å²) < 4.78 is 10.8. The minimum Gasteiger partial charge on any atom is -0.460 e. The predicted molar refractivity (Wildman–Crippen MR) is 137 cm³/mol. The van der Waals surface area contributed by atoms with Crippen LogP contribution in [0.5, 0.6) is 0 Å². The SMILES string of the molecule is CC(C)C1CCC(C)C(OC(=O)C(O)[C@@H](O)[C@@H](O)[C@H](O)[C@@](O)(C=O)C(=O)OC2CC(C(C)C)CCC2C)C1. The summed E-state index contributed by atoms with van der Waals surface area (Å²) >= 11 is 0. The molecule has 0 aromatic heterocycles. The van der Waals surface area contributed by atoms with E-state index >= 15 is 0 Å². The van der Waals surface area contributed by atoms with Crippen LogP contribution in [0.15, 0.2) is 0 Å². The maximum Gasteiger partial charge on any atom is 0.348 e. The first-order valence-corrected chi connectivity index (χ1v) is 14.0. The van der Waals surface area contributed by atoms with Crippen LogP contribution >= 0.6 is 0 Å². The van der Waals surface area contributed by atoms with E-state index in [4.69, 9.17) is 9.47 Å². The van der Waals surface area contributed by atoms with Gasteiger partial charge in [0.1, 0.15) is 30.5 Å². The van der Waals surface area contributed by atoms with Crippen LogP contribution < -0.4 is 0 Å². The topological polar surface area (TPSA) is 171 Å². The van der Waals surface area contributed by atoms with Crippen molar-refractivity contribution >= 4 is 18.2 Å². The van der Waals surface area contributed by atoms with Crippen LogP contribution in [0.2, 0.25) is 0 Å². The van der Waals surface area contributed by atoms with Crippen molar-refractivity contribution in [2.24, 2.45) is 35.5 Å². The third-order valence-electron chi connectivity index (χ3n) is 8.93. The molecule has 0 aliphatic heterocycles. The van der Waals surface area contributed by atoms with Crippen LogP contribution in [0.4, 0.5) is 0 Å². The zero-order valence-corrected chi connectivity index (χ0v) is 23.5. The Morgan fingerprint density at radius 1 is 0.789 bits per heavy atom.